The van der Waals surface area contributed by atoms with Gasteiger partial charge >= 0.3 is 0 Å². The number of aromatic hydroxyl groups is 1. The number of nitrogens with one attached hydrogen (secondary N) is 2. The van der Waals surface area contributed by atoms with Gasteiger partial charge in [-0.2, -0.15) is 0 Å². The number of hydrogen-bond donors (Lipinski definition) is 3. The maximum absolute atomic E-state index is 12.7. The highest BCUT2D eigenvalue weighted by atomic mass is 32.1. The first kappa shape index (κ1) is 11.5. The summed E-state index contributed by atoms with van der Waals surface area (Å²) in [5.74, 6) is -0.609. The monoisotopic (exact) mass is 252 g/mol. The molecule has 0 aliphatic rings. The first-order valence-electron chi connectivity index (χ1n) is 4.85. The predicted molar refractivity (Wildman–Crippen MR) is 63.1 cm³/mol. The van der Waals surface area contributed by atoms with E-state index in [1.807, 2.05) is 0 Å². The van der Waals surface area contributed by atoms with Crippen LogP contribution in [0.3, 0.4) is 0 Å². The van der Waals surface area contributed by atoms with Crippen molar-refractivity contribution in [1.29, 1.82) is 0 Å². The molecule has 17 heavy (non-hydrogen) atoms. The Kier molecular flexibility index (Phi) is 3.06. The van der Waals surface area contributed by atoms with Crippen LogP contribution in [0.15, 0.2) is 29.1 Å². The molecule has 1 aromatic heterocycles. The molecule has 0 amide bonds. The fraction of sp³-hybridized carbons (Fsp3) is 0.0909. The van der Waals surface area contributed by atoms with Gasteiger partial charge in [0.15, 0.2) is 10.7 Å². The molecule has 2 aromatic rings. The molecular weight excluding hydrogens is 243 g/mol. The average molecular weight is 252 g/mol. The van der Waals surface area contributed by atoms with E-state index >= 15 is 0 Å². The summed E-state index contributed by atoms with van der Waals surface area (Å²) < 4.78 is 12.8. The van der Waals surface area contributed by atoms with Crippen molar-refractivity contribution in [2.24, 2.45) is 0 Å². The van der Waals surface area contributed by atoms with Crippen molar-refractivity contribution in [1.82, 2.24) is 9.97 Å². The lowest BCUT2D eigenvalue weighted by Gasteiger charge is -2.03. The SMILES string of the molecule is O=c1[nH]c(=S)[nH]c(O)c1Cc1ccc(F)cc1. The standard InChI is InChI=1S/C11H9FN2O2S/c12-7-3-1-6(2-4-7)5-8-9(15)13-11(17)14-10(8)16/h1-4H,5H2,(H3,13,14,15,16,17). The first-order valence-corrected chi connectivity index (χ1v) is 5.26. The fourth-order valence-electron chi connectivity index (χ4n) is 1.47. The minimum Gasteiger partial charge on any atom is -0.494 e. The number of aromatic amines is 2. The average Bonchev–Trinajstić information content (AvgIpc) is 2.26. The van der Waals surface area contributed by atoms with Gasteiger partial charge in [0.1, 0.15) is 5.82 Å². The molecule has 0 saturated carbocycles. The normalized spacial score (nSPS) is 10.4. The molecule has 1 heterocycles. The second-order valence-corrected chi connectivity index (χ2v) is 3.95. The van der Waals surface area contributed by atoms with Crippen molar-refractivity contribution in [3.63, 3.8) is 0 Å². The maximum atomic E-state index is 12.7. The molecule has 0 spiro atoms. The summed E-state index contributed by atoms with van der Waals surface area (Å²) >= 11 is 4.71. The zero-order valence-electron chi connectivity index (χ0n) is 8.66. The molecule has 0 saturated heterocycles. The summed E-state index contributed by atoms with van der Waals surface area (Å²) in [4.78, 5) is 16.4. The topological polar surface area (TPSA) is 68.9 Å². The zero-order valence-corrected chi connectivity index (χ0v) is 9.47. The van der Waals surface area contributed by atoms with Crippen LogP contribution >= 0.6 is 12.2 Å². The van der Waals surface area contributed by atoms with Gasteiger partial charge in [0.2, 0.25) is 0 Å². The van der Waals surface area contributed by atoms with Gasteiger partial charge in [0.05, 0.1) is 5.56 Å². The van der Waals surface area contributed by atoms with E-state index in [4.69, 9.17) is 12.2 Å². The summed E-state index contributed by atoms with van der Waals surface area (Å²) in [6.07, 6.45) is 0.202. The fourth-order valence-corrected chi connectivity index (χ4v) is 1.66. The molecular formula is C11H9FN2O2S. The molecule has 88 valence electrons. The summed E-state index contributed by atoms with van der Waals surface area (Å²) in [7, 11) is 0. The number of H-pyrrole nitrogens is 2. The summed E-state index contributed by atoms with van der Waals surface area (Å²) in [5, 5.41) is 9.57. The molecule has 0 fully saturated rings. The minimum atomic E-state index is -0.449. The van der Waals surface area contributed by atoms with E-state index in [2.05, 4.69) is 9.97 Å². The highest BCUT2D eigenvalue weighted by Crippen LogP contribution is 2.13. The molecule has 1 aromatic carbocycles. The number of halogens is 1. The van der Waals surface area contributed by atoms with Crippen molar-refractivity contribution >= 4 is 12.2 Å². The molecule has 0 unspecified atom stereocenters. The van der Waals surface area contributed by atoms with Gasteiger partial charge in [-0.25, -0.2) is 4.39 Å². The summed E-state index contributed by atoms with van der Waals surface area (Å²) in [6, 6.07) is 5.70. The second-order valence-electron chi connectivity index (χ2n) is 3.54. The Balaban J connectivity index is 2.40. The first-order chi connectivity index (χ1) is 8.06. The van der Waals surface area contributed by atoms with Crippen molar-refractivity contribution in [3.8, 4) is 5.88 Å². The zero-order chi connectivity index (χ0) is 12.4. The number of hydrogen-bond acceptors (Lipinski definition) is 3. The quantitative estimate of drug-likeness (QED) is 0.715. The molecule has 3 N–H and O–H groups in total. The number of benzene rings is 1. The Morgan fingerprint density at radius 3 is 2.47 bits per heavy atom. The van der Waals surface area contributed by atoms with E-state index in [1.54, 1.807) is 12.1 Å². The van der Waals surface area contributed by atoms with Crippen LogP contribution in [0, 0.1) is 10.6 Å². The van der Waals surface area contributed by atoms with Crippen LogP contribution in [0.4, 0.5) is 4.39 Å². The largest absolute Gasteiger partial charge is 0.494 e. The van der Waals surface area contributed by atoms with E-state index in [9.17, 15) is 14.3 Å². The van der Waals surface area contributed by atoms with E-state index < -0.39 is 5.56 Å². The number of rotatable bonds is 2. The van der Waals surface area contributed by atoms with Gasteiger partial charge < -0.3 is 10.1 Å². The van der Waals surface area contributed by atoms with Crippen LogP contribution in [-0.4, -0.2) is 15.1 Å². The Hall–Kier alpha value is -1.95. The number of aromatic nitrogens is 2. The van der Waals surface area contributed by atoms with Crippen LogP contribution < -0.4 is 5.56 Å². The lowest BCUT2D eigenvalue weighted by molar-refractivity contribution is 0.443. The smallest absolute Gasteiger partial charge is 0.259 e. The Morgan fingerprint density at radius 2 is 1.88 bits per heavy atom. The van der Waals surface area contributed by atoms with Gasteiger partial charge in [0, 0.05) is 6.42 Å². The molecule has 0 atom stereocenters. The molecule has 6 heteroatoms. The van der Waals surface area contributed by atoms with Crippen LogP contribution in [0.2, 0.25) is 0 Å². The third kappa shape index (κ3) is 2.59. The molecule has 0 aliphatic heterocycles. The highest BCUT2D eigenvalue weighted by Gasteiger charge is 2.08. The lowest BCUT2D eigenvalue weighted by Crippen LogP contribution is -2.14. The van der Waals surface area contributed by atoms with Crippen LogP contribution in [0.25, 0.3) is 0 Å². The third-order valence-corrected chi connectivity index (χ3v) is 2.52. The van der Waals surface area contributed by atoms with E-state index in [0.29, 0.717) is 0 Å². The van der Waals surface area contributed by atoms with E-state index in [-0.39, 0.29) is 28.5 Å². The highest BCUT2D eigenvalue weighted by molar-refractivity contribution is 7.71. The van der Waals surface area contributed by atoms with Gasteiger partial charge in [-0.3, -0.25) is 9.78 Å². The van der Waals surface area contributed by atoms with Crippen molar-refractivity contribution in [2.75, 3.05) is 0 Å². The van der Waals surface area contributed by atoms with Crippen molar-refractivity contribution < 1.29 is 9.50 Å². The third-order valence-electron chi connectivity index (χ3n) is 2.31. The van der Waals surface area contributed by atoms with Crippen LogP contribution in [-0.2, 0) is 6.42 Å². The van der Waals surface area contributed by atoms with Crippen LogP contribution in [0.1, 0.15) is 11.1 Å². The van der Waals surface area contributed by atoms with Gasteiger partial charge in [-0.1, -0.05) is 12.1 Å². The van der Waals surface area contributed by atoms with Crippen molar-refractivity contribution in [3.05, 3.63) is 56.3 Å². The molecule has 0 radical (unpaired) electrons. The second kappa shape index (κ2) is 4.50. The lowest BCUT2D eigenvalue weighted by atomic mass is 10.1. The molecule has 4 nitrogen and oxygen atoms in total. The van der Waals surface area contributed by atoms with Crippen LogP contribution in [0.5, 0.6) is 5.88 Å². The predicted octanol–water partition coefficient (Wildman–Crippen LogP) is 1.87. The Morgan fingerprint density at radius 1 is 1.24 bits per heavy atom. The molecule has 0 bridgehead atoms. The summed E-state index contributed by atoms with van der Waals surface area (Å²) in [5.41, 5.74) is 0.443. The molecule has 0 aliphatic carbocycles. The van der Waals surface area contributed by atoms with Crippen molar-refractivity contribution in [2.45, 2.75) is 6.42 Å². The minimum absolute atomic E-state index is 0.0651. The van der Waals surface area contributed by atoms with Gasteiger partial charge in [0.25, 0.3) is 5.56 Å². The summed E-state index contributed by atoms with van der Waals surface area (Å²) in [6.45, 7) is 0. The Bertz CT molecular complexity index is 646. The van der Waals surface area contributed by atoms with Gasteiger partial charge in [-0.05, 0) is 29.9 Å². The van der Waals surface area contributed by atoms with E-state index in [1.165, 1.54) is 12.1 Å². The maximum Gasteiger partial charge on any atom is 0.259 e. The Labute approximate surface area is 101 Å². The van der Waals surface area contributed by atoms with Gasteiger partial charge in [-0.15, -0.1) is 0 Å². The molecule has 2 rings (SSSR count). The van der Waals surface area contributed by atoms with E-state index in [0.717, 1.165) is 5.56 Å².